The van der Waals surface area contributed by atoms with Crippen molar-refractivity contribution < 1.29 is 27.9 Å². The third-order valence-corrected chi connectivity index (χ3v) is 3.38. The average Bonchev–Trinajstić information content (AvgIpc) is 2.69. The summed E-state index contributed by atoms with van der Waals surface area (Å²) in [6.07, 6.45) is -4.43. The zero-order valence-corrected chi connectivity index (χ0v) is 10.9. The molecule has 19 heavy (non-hydrogen) atoms. The third kappa shape index (κ3) is 3.91. The number of carboxylic acids is 1. The van der Waals surface area contributed by atoms with E-state index in [0.717, 1.165) is 11.8 Å². The van der Waals surface area contributed by atoms with Crippen LogP contribution in [0, 0.1) is 0 Å². The lowest BCUT2D eigenvalue weighted by Gasteiger charge is -2.20. The molecular formula is C10H11F3N2O3S. The molecule has 106 valence electrons. The smallest absolute Gasteiger partial charge is 0.406 e. The number of carbonyl (C=O) groups is 2. The van der Waals surface area contributed by atoms with Gasteiger partial charge in [-0.05, 0) is 6.92 Å². The maximum absolute atomic E-state index is 12.4. The number of aromatic carboxylic acids is 1. The fourth-order valence-corrected chi connectivity index (χ4v) is 2.37. The number of halogens is 3. The summed E-state index contributed by atoms with van der Waals surface area (Å²) in [4.78, 5) is 26.5. The molecular weight excluding hydrogens is 285 g/mol. The number of carbonyl (C=O) groups excluding carboxylic acids is 1. The minimum Gasteiger partial charge on any atom is -0.476 e. The van der Waals surface area contributed by atoms with E-state index in [0.29, 0.717) is 11.3 Å². The van der Waals surface area contributed by atoms with Crippen LogP contribution in [0.15, 0.2) is 0 Å². The predicted octanol–water partition coefficient (Wildman–Crippen LogP) is 2.43. The van der Waals surface area contributed by atoms with E-state index in [2.05, 4.69) is 4.98 Å². The number of Topliss-reactive ketones (excluding diaryl/α,β-unsaturated/α-hetero) is 1. The summed E-state index contributed by atoms with van der Waals surface area (Å²) in [5, 5.41) is 8.74. The molecule has 0 spiro atoms. The highest BCUT2D eigenvalue weighted by molar-refractivity contribution is 7.17. The van der Waals surface area contributed by atoms with Crippen LogP contribution in [0.3, 0.4) is 0 Å². The van der Waals surface area contributed by atoms with Gasteiger partial charge in [0.1, 0.15) is 11.4 Å². The average molecular weight is 296 g/mol. The second-order valence-electron chi connectivity index (χ2n) is 3.66. The summed E-state index contributed by atoms with van der Waals surface area (Å²) in [7, 11) is 0. The summed E-state index contributed by atoms with van der Waals surface area (Å²) in [6, 6.07) is 0. The van der Waals surface area contributed by atoms with Crippen LogP contribution in [0.1, 0.15) is 34.0 Å². The van der Waals surface area contributed by atoms with Crippen molar-refractivity contribution in [3.63, 3.8) is 0 Å². The lowest BCUT2D eigenvalue weighted by molar-refractivity contribution is -0.119. The lowest BCUT2D eigenvalue weighted by Crippen LogP contribution is -2.34. The summed E-state index contributed by atoms with van der Waals surface area (Å²) in [5.41, 5.74) is -0.506. The molecule has 0 aromatic carbocycles. The molecule has 0 radical (unpaired) electrons. The first-order valence-corrected chi connectivity index (χ1v) is 6.04. The Hall–Kier alpha value is -1.64. The summed E-state index contributed by atoms with van der Waals surface area (Å²) >= 11 is 0.654. The Labute approximate surface area is 110 Å². The molecule has 0 aliphatic carbocycles. The molecule has 1 aromatic heterocycles. The molecule has 0 saturated carbocycles. The van der Waals surface area contributed by atoms with Crippen LogP contribution >= 0.6 is 11.3 Å². The normalized spacial score (nSPS) is 11.4. The van der Waals surface area contributed by atoms with Crippen molar-refractivity contribution in [1.82, 2.24) is 4.98 Å². The van der Waals surface area contributed by atoms with Gasteiger partial charge < -0.3 is 10.0 Å². The molecule has 0 atom stereocenters. The number of rotatable bonds is 5. The van der Waals surface area contributed by atoms with Gasteiger partial charge in [0.15, 0.2) is 16.6 Å². The fraction of sp³-hybridized carbons (Fsp3) is 0.500. The van der Waals surface area contributed by atoms with Crippen LogP contribution in [-0.4, -0.2) is 41.1 Å². The van der Waals surface area contributed by atoms with Crippen LogP contribution < -0.4 is 4.90 Å². The van der Waals surface area contributed by atoms with E-state index in [1.807, 2.05) is 0 Å². The number of thiazole rings is 1. The van der Waals surface area contributed by atoms with E-state index in [9.17, 15) is 22.8 Å². The number of nitrogens with zero attached hydrogens (tertiary/aromatic N) is 2. The van der Waals surface area contributed by atoms with Crippen LogP contribution in [0.4, 0.5) is 18.3 Å². The molecule has 0 saturated heterocycles. The van der Waals surface area contributed by atoms with E-state index >= 15 is 0 Å². The first-order valence-electron chi connectivity index (χ1n) is 5.22. The van der Waals surface area contributed by atoms with Gasteiger partial charge >= 0.3 is 12.1 Å². The minimum atomic E-state index is -4.43. The van der Waals surface area contributed by atoms with E-state index < -0.39 is 30.2 Å². The van der Waals surface area contributed by atoms with Gasteiger partial charge in [-0.1, -0.05) is 11.3 Å². The Kier molecular flexibility index (Phi) is 4.51. The van der Waals surface area contributed by atoms with E-state index in [-0.39, 0.29) is 16.6 Å². The molecule has 5 nitrogen and oxygen atoms in total. The third-order valence-electron chi connectivity index (χ3n) is 2.16. The molecule has 0 fully saturated rings. The van der Waals surface area contributed by atoms with Gasteiger partial charge in [-0.2, -0.15) is 13.2 Å². The number of alkyl halides is 3. The zero-order chi connectivity index (χ0) is 14.8. The maximum atomic E-state index is 12.4. The van der Waals surface area contributed by atoms with Crippen molar-refractivity contribution in [3.05, 3.63) is 10.6 Å². The lowest BCUT2D eigenvalue weighted by atomic mass is 10.3. The number of aromatic nitrogens is 1. The zero-order valence-electron chi connectivity index (χ0n) is 10.1. The molecule has 0 unspecified atom stereocenters. The van der Waals surface area contributed by atoms with Gasteiger partial charge in [-0.25, -0.2) is 9.78 Å². The number of hydrogen-bond donors (Lipinski definition) is 1. The molecule has 1 rings (SSSR count). The van der Waals surface area contributed by atoms with Gasteiger partial charge in [0.05, 0.1) is 0 Å². The van der Waals surface area contributed by atoms with Gasteiger partial charge in [-0.3, -0.25) is 4.79 Å². The van der Waals surface area contributed by atoms with Crippen molar-refractivity contribution in [2.75, 3.05) is 18.0 Å². The Morgan fingerprint density at radius 3 is 2.32 bits per heavy atom. The first kappa shape index (κ1) is 15.4. The topological polar surface area (TPSA) is 70.5 Å². The van der Waals surface area contributed by atoms with Crippen LogP contribution in [0.5, 0.6) is 0 Å². The van der Waals surface area contributed by atoms with E-state index in [1.54, 1.807) is 0 Å². The molecule has 1 N–H and O–H groups in total. The number of ketones is 1. The first-order chi connectivity index (χ1) is 8.65. The Morgan fingerprint density at radius 1 is 1.42 bits per heavy atom. The van der Waals surface area contributed by atoms with E-state index in [1.165, 1.54) is 6.92 Å². The number of anilines is 1. The van der Waals surface area contributed by atoms with Crippen molar-refractivity contribution in [1.29, 1.82) is 0 Å². The molecule has 1 heterocycles. The molecule has 0 aliphatic rings. The maximum Gasteiger partial charge on any atom is 0.406 e. The number of carboxylic acid groups (broad SMARTS) is 1. The largest absolute Gasteiger partial charge is 0.476 e. The van der Waals surface area contributed by atoms with E-state index in [4.69, 9.17) is 5.11 Å². The Bertz CT molecular complexity index is 467. The Morgan fingerprint density at radius 2 is 2.00 bits per heavy atom. The van der Waals surface area contributed by atoms with Crippen molar-refractivity contribution in [3.8, 4) is 0 Å². The van der Waals surface area contributed by atoms with Gasteiger partial charge in [-0.15, -0.1) is 0 Å². The molecule has 9 heteroatoms. The highest BCUT2D eigenvalue weighted by Crippen LogP contribution is 2.29. The van der Waals surface area contributed by atoms with Crippen molar-refractivity contribution in [2.45, 2.75) is 20.0 Å². The molecule has 0 bridgehead atoms. The van der Waals surface area contributed by atoms with Crippen molar-refractivity contribution >= 4 is 28.2 Å². The van der Waals surface area contributed by atoms with Crippen LogP contribution in [0.2, 0.25) is 0 Å². The predicted molar refractivity (Wildman–Crippen MR) is 63.0 cm³/mol. The summed E-state index contributed by atoms with van der Waals surface area (Å²) < 4.78 is 37.1. The quantitative estimate of drug-likeness (QED) is 0.845. The summed E-state index contributed by atoms with van der Waals surface area (Å²) in [6.45, 7) is 1.39. The fourth-order valence-electron chi connectivity index (χ4n) is 1.36. The minimum absolute atomic E-state index is 0.00340. The number of hydrogen-bond acceptors (Lipinski definition) is 5. The van der Waals surface area contributed by atoms with Gasteiger partial charge in [0.2, 0.25) is 0 Å². The standard InChI is InChI=1S/C10H11F3N2O3S/c1-3-15(4-10(11,12)13)9-14-6(8(17)18)7(19-9)5(2)16/h3-4H2,1-2H3,(H,17,18). The van der Waals surface area contributed by atoms with Crippen LogP contribution in [0.25, 0.3) is 0 Å². The molecule has 0 aliphatic heterocycles. The van der Waals surface area contributed by atoms with Crippen LogP contribution in [-0.2, 0) is 0 Å². The highest BCUT2D eigenvalue weighted by Gasteiger charge is 2.32. The highest BCUT2D eigenvalue weighted by atomic mass is 32.1. The second-order valence-corrected chi connectivity index (χ2v) is 4.64. The SMILES string of the molecule is CCN(CC(F)(F)F)c1nc(C(=O)O)c(C(C)=O)s1. The summed E-state index contributed by atoms with van der Waals surface area (Å²) in [5.74, 6) is -1.97. The van der Waals surface area contributed by atoms with Crippen molar-refractivity contribution in [2.24, 2.45) is 0 Å². The second kappa shape index (κ2) is 5.55. The monoisotopic (exact) mass is 296 g/mol. The Balaban J connectivity index is 3.16. The van der Waals surface area contributed by atoms with Gasteiger partial charge in [0.25, 0.3) is 0 Å². The van der Waals surface area contributed by atoms with Gasteiger partial charge in [0, 0.05) is 13.5 Å². The molecule has 1 aromatic rings. The molecule has 0 amide bonds.